The molecule has 2 amide bonds. The Morgan fingerprint density at radius 1 is 1.26 bits per heavy atom. The predicted octanol–water partition coefficient (Wildman–Crippen LogP) is 3.81. The number of carbonyl (C=O) groups is 2. The van der Waals surface area contributed by atoms with Crippen molar-refractivity contribution < 1.29 is 23.7 Å². The van der Waals surface area contributed by atoms with Crippen LogP contribution in [0.5, 0.6) is 5.75 Å². The minimum Gasteiger partial charge on any atom is -0.496 e. The molecule has 0 unspecified atom stereocenters. The van der Waals surface area contributed by atoms with Gasteiger partial charge in [-0.15, -0.1) is 5.10 Å². The highest BCUT2D eigenvalue weighted by atomic mass is 32.2. The number of nitrogens with one attached hydrogen (secondary N) is 2. The molecule has 2 aromatic carbocycles. The lowest BCUT2D eigenvalue weighted by Gasteiger charge is -2.06. The zero-order chi connectivity index (χ0) is 24.8. The number of rotatable bonds is 8. The summed E-state index contributed by atoms with van der Waals surface area (Å²) < 4.78 is 11.0. The standard InChI is InChI=1S/C23H19N5O6S/c1-33-18-9-7-15(28(31)32)11-17(18)19-10-8-16(34-19)13-24-27-23-26-22(30)20(35-23)12-21(29)25-14-5-3-2-4-6-14/h2-11,13,20H,12H2,1H3,(H,25,29)(H,26,27,30)/b24-13-/t20-/m1/s1. The Morgan fingerprint density at radius 3 is 2.80 bits per heavy atom. The average Bonchev–Trinajstić information content (AvgIpc) is 3.45. The van der Waals surface area contributed by atoms with E-state index in [-0.39, 0.29) is 29.1 Å². The first-order chi connectivity index (χ1) is 16.9. The third kappa shape index (κ3) is 5.92. The zero-order valence-corrected chi connectivity index (χ0v) is 19.2. The lowest BCUT2D eigenvalue weighted by atomic mass is 10.1. The van der Waals surface area contributed by atoms with Gasteiger partial charge in [0, 0.05) is 24.2 Å². The lowest BCUT2D eigenvalue weighted by Crippen LogP contribution is -2.28. The van der Waals surface area contributed by atoms with Gasteiger partial charge in [0.1, 0.15) is 22.5 Å². The number of thioether (sulfide) groups is 1. The Morgan fingerprint density at radius 2 is 2.06 bits per heavy atom. The second-order valence-electron chi connectivity index (χ2n) is 7.21. The van der Waals surface area contributed by atoms with E-state index in [4.69, 9.17) is 9.15 Å². The molecule has 178 valence electrons. The lowest BCUT2D eigenvalue weighted by molar-refractivity contribution is -0.384. The molecule has 35 heavy (non-hydrogen) atoms. The van der Waals surface area contributed by atoms with Gasteiger partial charge < -0.3 is 19.8 Å². The molecule has 1 atom stereocenters. The summed E-state index contributed by atoms with van der Waals surface area (Å²) in [5.41, 5.74) is 0.975. The van der Waals surface area contributed by atoms with Crippen molar-refractivity contribution in [3.63, 3.8) is 0 Å². The van der Waals surface area contributed by atoms with Crippen molar-refractivity contribution in [3.05, 3.63) is 76.5 Å². The zero-order valence-electron chi connectivity index (χ0n) is 18.3. The quantitative estimate of drug-likeness (QED) is 0.275. The molecule has 1 aliphatic rings. The summed E-state index contributed by atoms with van der Waals surface area (Å²) in [4.78, 5) is 35.0. The molecule has 2 N–H and O–H groups in total. The van der Waals surface area contributed by atoms with Gasteiger partial charge in [-0.25, -0.2) is 0 Å². The van der Waals surface area contributed by atoms with Crippen molar-refractivity contribution in [1.29, 1.82) is 0 Å². The molecule has 12 heteroatoms. The highest BCUT2D eigenvalue weighted by Gasteiger charge is 2.32. The number of anilines is 1. The predicted molar refractivity (Wildman–Crippen MR) is 132 cm³/mol. The first-order valence-electron chi connectivity index (χ1n) is 10.3. The molecular weight excluding hydrogens is 474 g/mol. The fourth-order valence-electron chi connectivity index (χ4n) is 3.20. The number of carbonyl (C=O) groups excluding carboxylic acids is 2. The average molecular weight is 494 g/mol. The molecule has 11 nitrogen and oxygen atoms in total. The highest BCUT2D eigenvalue weighted by Crippen LogP contribution is 2.34. The van der Waals surface area contributed by atoms with Crippen LogP contribution in [0, 0.1) is 10.1 Å². The van der Waals surface area contributed by atoms with E-state index in [1.54, 1.807) is 36.4 Å². The number of amidine groups is 1. The van der Waals surface area contributed by atoms with Crippen LogP contribution in [0.25, 0.3) is 11.3 Å². The number of hydrogen-bond acceptors (Lipinski definition) is 9. The molecule has 1 saturated heterocycles. The number of para-hydroxylation sites is 1. The van der Waals surface area contributed by atoms with Crippen LogP contribution in [0.1, 0.15) is 12.2 Å². The first-order valence-corrected chi connectivity index (χ1v) is 11.2. The number of methoxy groups -OCH3 is 1. The van der Waals surface area contributed by atoms with Gasteiger partial charge in [0.25, 0.3) is 5.69 Å². The number of furan rings is 1. The van der Waals surface area contributed by atoms with Crippen LogP contribution in [0.2, 0.25) is 0 Å². The number of non-ortho nitro benzene ring substituents is 1. The van der Waals surface area contributed by atoms with E-state index in [0.29, 0.717) is 28.5 Å². The number of benzene rings is 2. The van der Waals surface area contributed by atoms with Gasteiger partial charge in [-0.2, -0.15) is 5.10 Å². The maximum atomic E-state index is 12.2. The number of ether oxygens (including phenoxy) is 1. The molecule has 0 bridgehead atoms. The Kier molecular flexibility index (Phi) is 7.21. The van der Waals surface area contributed by atoms with Crippen LogP contribution >= 0.6 is 11.8 Å². The molecular formula is C23H19N5O6S. The van der Waals surface area contributed by atoms with Crippen molar-refractivity contribution in [1.82, 2.24) is 5.32 Å². The number of nitro benzene ring substituents is 1. The van der Waals surface area contributed by atoms with E-state index in [9.17, 15) is 19.7 Å². The van der Waals surface area contributed by atoms with E-state index in [1.165, 1.54) is 31.5 Å². The van der Waals surface area contributed by atoms with Gasteiger partial charge in [0.2, 0.25) is 11.8 Å². The summed E-state index contributed by atoms with van der Waals surface area (Å²) in [7, 11) is 1.46. The van der Waals surface area contributed by atoms with Gasteiger partial charge in [-0.1, -0.05) is 30.0 Å². The smallest absolute Gasteiger partial charge is 0.270 e. The maximum Gasteiger partial charge on any atom is 0.270 e. The third-order valence-electron chi connectivity index (χ3n) is 4.82. The van der Waals surface area contributed by atoms with Gasteiger partial charge in [0.05, 0.1) is 23.8 Å². The van der Waals surface area contributed by atoms with Crippen molar-refractivity contribution in [3.8, 4) is 17.1 Å². The van der Waals surface area contributed by atoms with Crippen LogP contribution in [-0.2, 0) is 9.59 Å². The molecule has 1 fully saturated rings. The minimum atomic E-state index is -0.621. The number of nitro groups is 1. The molecule has 1 aliphatic heterocycles. The van der Waals surface area contributed by atoms with E-state index in [1.807, 2.05) is 6.07 Å². The summed E-state index contributed by atoms with van der Waals surface area (Å²) in [5.74, 6) is 0.498. The largest absolute Gasteiger partial charge is 0.496 e. The molecule has 4 rings (SSSR count). The van der Waals surface area contributed by atoms with Crippen molar-refractivity contribution >= 4 is 46.3 Å². The molecule has 0 spiro atoms. The third-order valence-corrected chi connectivity index (χ3v) is 5.90. The monoisotopic (exact) mass is 493 g/mol. The summed E-state index contributed by atoms with van der Waals surface area (Å²) in [6, 6.07) is 16.4. The Balaban J connectivity index is 1.38. The number of amides is 2. The maximum absolute atomic E-state index is 12.2. The van der Waals surface area contributed by atoms with Gasteiger partial charge in [-0.05, 0) is 30.3 Å². The second kappa shape index (κ2) is 10.7. The van der Waals surface area contributed by atoms with Crippen LogP contribution in [0.3, 0.4) is 0 Å². The van der Waals surface area contributed by atoms with E-state index < -0.39 is 10.2 Å². The van der Waals surface area contributed by atoms with Crippen LogP contribution in [-0.4, -0.2) is 40.5 Å². The molecule has 1 aromatic heterocycles. The minimum absolute atomic E-state index is 0.0132. The van der Waals surface area contributed by atoms with Crippen molar-refractivity contribution in [2.24, 2.45) is 10.2 Å². The van der Waals surface area contributed by atoms with E-state index in [0.717, 1.165) is 11.8 Å². The van der Waals surface area contributed by atoms with Crippen LogP contribution < -0.4 is 15.4 Å². The van der Waals surface area contributed by atoms with Crippen molar-refractivity contribution in [2.45, 2.75) is 11.7 Å². The summed E-state index contributed by atoms with van der Waals surface area (Å²) in [6.45, 7) is 0. The van der Waals surface area contributed by atoms with Gasteiger partial charge >= 0.3 is 0 Å². The van der Waals surface area contributed by atoms with Gasteiger partial charge in [0.15, 0.2) is 5.17 Å². The SMILES string of the molecule is COc1ccc([N+](=O)[O-])cc1-c1ccc(/C=N\N=C2/NC(=O)[C@@H](CC(=O)Nc3ccccc3)S2)o1. The summed E-state index contributed by atoms with van der Waals surface area (Å²) in [5, 5.41) is 24.0. The second-order valence-corrected chi connectivity index (χ2v) is 8.40. The number of hydrogen-bond donors (Lipinski definition) is 2. The van der Waals surface area contributed by atoms with Crippen LogP contribution in [0.4, 0.5) is 11.4 Å². The van der Waals surface area contributed by atoms with E-state index in [2.05, 4.69) is 20.8 Å². The van der Waals surface area contributed by atoms with Gasteiger partial charge in [-0.3, -0.25) is 19.7 Å². The Bertz CT molecular complexity index is 1320. The highest BCUT2D eigenvalue weighted by molar-refractivity contribution is 8.15. The fraction of sp³-hybridized carbons (Fsp3) is 0.130. The topological polar surface area (TPSA) is 148 Å². The first kappa shape index (κ1) is 23.7. The molecule has 0 aliphatic carbocycles. The van der Waals surface area contributed by atoms with E-state index >= 15 is 0 Å². The summed E-state index contributed by atoms with van der Waals surface area (Å²) >= 11 is 1.11. The Labute approximate surface area is 203 Å². The number of nitrogens with zero attached hydrogens (tertiary/aromatic N) is 3. The summed E-state index contributed by atoms with van der Waals surface area (Å²) in [6.07, 6.45) is 1.32. The molecule has 3 aromatic rings. The molecule has 2 heterocycles. The molecule has 0 saturated carbocycles. The normalized spacial score (nSPS) is 16.4. The fourth-order valence-corrected chi connectivity index (χ4v) is 4.12. The van der Waals surface area contributed by atoms with Crippen LogP contribution in [0.15, 0.2) is 75.3 Å². The molecule has 0 radical (unpaired) electrons. The Hall–Kier alpha value is -4.45. The van der Waals surface area contributed by atoms with Crippen molar-refractivity contribution in [2.75, 3.05) is 12.4 Å².